The van der Waals surface area contributed by atoms with E-state index in [-0.39, 0.29) is 17.1 Å². The van der Waals surface area contributed by atoms with Gasteiger partial charge >= 0.3 is 5.97 Å². The zero-order valence-corrected chi connectivity index (χ0v) is 23.2. The monoisotopic (exact) mass is 565 g/mol. The molecule has 4 rings (SSSR count). The van der Waals surface area contributed by atoms with Gasteiger partial charge in [0.2, 0.25) is 0 Å². The third-order valence-corrected chi connectivity index (χ3v) is 8.61. The summed E-state index contributed by atoms with van der Waals surface area (Å²) in [6, 6.07) is 17.6. The van der Waals surface area contributed by atoms with Gasteiger partial charge in [0.05, 0.1) is 27.6 Å². The number of hydrogen-bond donors (Lipinski definition) is 3. The van der Waals surface area contributed by atoms with Gasteiger partial charge in [-0.15, -0.1) is 0 Å². The predicted octanol–water partition coefficient (Wildman–Crippen LogP) is 4.89. The van der Waals surface area contributed by atoms with Crippen LogP contribution in [-0.2, 0) is 25.8 Å². The molecule has 3 aromatic carbocycles. The van der Waals surface area contributed by atoms with Gasteiger partial charge in [-0.2, -0.15) is 0 Å². The molecule has 40 heavy (non-hydrogen) atoms. The van der Waals surface area contributed by atoms with E-state index in [1.54, 1.807) is 36.4 Å². The van der Waals surface area contributed by atoms with Crippen LogP contribution in [-0.4, -0.2) is 55.7 Å². The molecule has 1 heterocycles. The number of halogens is 1. The van der Waals surface area contributed by atoms with Crippen molar-refractivity contribution in [3.63, 3.8) is 0 Å². The Morgan fingerprint density at radius 1 is 1.00 bits per heavy atom. The van der Waals surface area contributed by atoms with E-state index in [2.05, 4.69) is 15.5 Å². The summed E-state index contributed by atoms with van der Waals surface area (Å²) in [6.45, 7) is 5.98. The van der Waals surface area contributed by atoms with Crippen LogP contribution in [0.25, 0.3) is 11.3 Å². The smallest absolute Gasteiger partial charge is 0.303 e. The average molecular weight is 566 g/mol. The van der Waals surface area contributed by atoms with Crippen molar-refractivity contribution in [1.29, 1.82) is 0 Å². The third kappa shape index (κ3) is 6.75. The first kappa shape index (κ1) is 29.0. The number of carboxylic acids is 1. The van der Waals surface area contributed by atoms with Crippen molar-refractivity contribution in [3.8, 4) is 0 Å². The number of carbonyl (C=O) groups excluding carboxylic acids is 1. The standard InChI is InChI=1S/C30H32FN3O5S/c1-3-34(4-2)17-18-40(38,39)24-13-11-23(12-14-24)32-29(21-8-5-20(6-9-21)7-16-27(35)36)28-25-15-10-22(31)19-26(25)33-30(28)37/h5-6,8-15,19,32H,3-4,7,16-18H2,1-2H3,(H,33,37)(H,35,36). The van der Waals surface area contributed by atoms with Crippen LogP contribution in [0.2, 0.25) is 0 Å². The summed E-state index contributed by atoms with van der Waals surface area (Å²) in [5, 5.41) is 15.0. The molecule has 0 aliphatic carbocycles. The second-order valence-corrected chi connectivity index (χ2v) is 11.6. The molecule has 0 unspecified atom stereocenters. The Kier molecular flexibility index (Phi) is 9.01. The number of sulfone groups is 1. The lowest BCUT2D eigenvalue weighted by Crippen LogP contribution is -2.29. The van der Waals surface area contributed by atoms with Crippen LogP contribution in [0.15, 0.2) is 71.6 Å². The van der Waals surface area contributed by atoms with E-state index in [4.69, 9.17) is 5.11 Å². The number of hydrogen-bond acceptors (Lipinski definition) is 6. The minimum absolute atomic E-state index is 0.00291. The van der Waals surface area contributed by atoms with Gasteiger partial charge in [-0.3, -0.25) is 9.59 Å². The molecular formula is C30H32FN3O5S. The lowest BCUT2D eigenvalue weighted by atomic mass is 9.98. The predicted molar refractivity (Wildman–Crippen MR) is 154 cm³/mol. The number of nitrogens with zero attached hydrogens (tertiary/aromatic N) is 1. The number of fused-ring (bicyclic) bond motifs is 1. The van der Waals surface area contributed by atoms with Crippen LogP contribution in [0.1, 0.15) is 37.0 Å². The van der Waals surface area contributed by atoms with Gasteiger partial charge in [0.15, 0.2) is 9.84 Å². The highest BCUT2D eigenvalue weighted by atomic mass is 32.2. The normalized spacial score (nSPS) is 14.2. The van der Waals surface area contributed by atoms with E-state index in [1.165, 1.54) is 30.3 Å². The Hall–Kier alpha value is -4.02. The molecule has 3 N–H and O–H groups in total. The maximum atomic E-state index is 13.9. The van der Waals surface area contributed by atoms with Crippen molar-refractivity contribution in [3.05, 3.63) is 89.2 Å². The van der Waals surface area contributed by atoms with Crippen LogP contribution >= 0.6 is 0 Å². The van der Waals surface area contributed by atoms with Crippen LogP contribution < -0.4 is 10.6 Å². The van der Waals surface area contributed by atoms with Crippen LogP contribution in [0.3, 0.4) is 0 Å². The fourth-order valence-corrected chi connectivity index (χ4v) is 5.84. The number of carboxylic acid groups (broad SMARTS) is 1. The molecule has 0 aromatic heterocycles. The molecule has 1 amide bonds. The molecule has 3 aromatic rings. The molecule has 0 saturated heterocycles. The highest BCUT2D eigenvalue weighted by Gasteiger charge is 2.29. The van der Waals surface area contributed by atoms with E-state index < -0.39 is 27.5 Å². The Morgan fingerprint density at radius 3 is 2.30 bits per heavy atom. The maximum Gasteiger partial charge on any atom is 0.303 e. The van der Waals surface area contributed by atoms with Gasteiger partial charge in [0.25, 0.3) is 5.91 Å². The second kappa shape index (κ2) is 12.4. The number of carbonyl (C=O) groups is 2. The first-order valence-corrected chi connectivity index (χ1v) is 14.8. The zero-order chi connectivity index (χ0) is 28.9. The number of rotatable bonds is 12. The number of anilines is 2. The quantitative estimate of drug-likeness (QED) is 0.268. The van der Waals surface area contributed by atoms with Gasteiger partial charge in [-0.1, -0.05) is 38.1 Å². The summed E-state index contributed by atoms with van der Waals surface area (Å²) in [6.07, 6.45) is 0.360. The van der Waals surface area contributed by atoms with Gasteiger partial charge in [-0.05, 0) is 73.1 Å². The van der Waals surface area contributed by atoms with Crippen molar-refractivity contribution < 1.29 is 27.5 Å². The first-order chi connectivity index (χ1) is 19.1. The largest absolute Gasteiger partial charge is 0.481 e. The van der Waals surface area contributed by atoms with Gasteiger partial charge in [-0.25, -0.2) is 12.8 Å². The summed E-state index contributed by atoms with van der Waals surface area (Å²) >= 11 is 0. The van der Waals surface area contributed by atoms with Crippen LogP contribution in [0, 0.1) is 5.82 Å². The Balaban J connectivity index is 1.67. The van der Waals surface area contributed by atoms with Gasteiger partial charge in [0.1, 0.15) is 5.82 Å². The average Bonchev–Trinajstić information content (AvgIpc) is 3.26. The first-order valence-electron chi connectivity index (χ1n) is 13.1. The van der Waals surface area contributed by atoms with Gasteiger partial charge < -0.3 is 20.6 Å². The number of nitrogens with one attached hydrogen (secondary N) is 2. The molecule has 0 spiro atoms. The van der Waals surface area contributed by atoms with Gasteiger partial charge in [0, 0.05) is 24.2 Å². The molecule has 0 bridgehead atoms. The van der Waals surface area contributed by atoms with E-state index >= 15 is 0 Å². The van der Waals surface area contributed by atoms with Crippen molar-refractivity contribution in [2.75, 3.05) is 36.0 Å². The van der Waals surface area contributed by atoms with Crippen molar-refractivity contribution in [2.45, 2.75) is 31.6 Å². The molecule has 0 radical (unpaired) electrons. The zero-order valence-electron chi connectivity index (χ0n) is 22.4. The number of aliphatic carboxylic acids is 1. The molecule has 0 atom stereocenters. The molecular weight excluding hydrogens is 533 g/mol. The SMILES string of the molecule is CCN(CC)CCS(=O)(=O)c1ccc(NC(=C2C(=O)Nc3cc(F)ccc32)c2ccc(CCC(=O)O)cc2)cc1. The van der Waals surface area contributed by atoms with E-state index in [0.29, 0.717) is 46.7 Å². The number of benzene rings is 3. The maximum absolute atomic E-state index is 13.9. The molecule has 0 fully saturated rings. The summed E-state index contributed by atoms with van der Waals surface area (Å²) in [5.74, 6) is -1.76. The van der Waals surface area contributed by atoms with Crippen LogP contribution in [0.5, 0.6) is 0 Å². The van der Waals surface area contributed by atoms with E-state index in [1.807, 2.05) is 13.8 Å². The molecule has 1 aliphatic rings. The Labute approximate surface area is 233 Å². The minimum atomic E-state index is -3.48. The van der Waals surface area contributed by atoms with E-state index in [9.17, 15) is 22.4 Å². The number of amides is 1. The summed E-state index contributed by atoms with van der Waals surface area (Å²) < 4.78 is 39.6. The molecule has 8 nitrogen and oxygen atoms in total. The summed E-state index contributed by atoms with van der Waals surface area (Å²) in [5.41, 5.74) is 3.68. The minimum Gasteiger partial charge on any atom is -0.481 e. The fraction of sp³-hybridized carbons (Fsp3) is 0.267. The number of aryl methyl sites for hydroxylation is 1. The topological polar surface area (TPSA) is 116 Å². The molecule has 10 heteroatoms. The van der Waals surface area contributed by atoms with E-state index in [0.717, 1.165) is 18.7 Å². The summed E-state index contributed by atoms with van der Waals surface area (Å²) in [7, 11) is -3.48. The molecule has 210 valence electrons. The lowest BCUT2D eigenvalue weighted by Gasteiger charge is -2.18. The Bertz CT molecular complexity index is 1530. The summed E-state index contributed by atoms with van der Waals surface area (Å²) in [4.78, 5) is 26.3. The lowest BCUT2D eigenvalue weighted by molar-refractivity contribution is -0.137. The molecule has 0 saturated carbocycles. The van der Waals surface area contributed by atoms with Crippen LogP contribution in [0.4, 0.5) is 15.8 Å². The fourth-order valence-electron chi connectivity index (χ4n) is 4.56. The highest BCUT2D eigenvalue weighted by molar-refractivity contribution is 7.91. The van der Waals surface area contributed by atoms with Crippen molar-refractivity contribution >= 4 is 44.4 Å². The highest BCUT2D eigenvalue weighted by Crippen LogP contribution is 2.38. The third-order valence-electron chi connectivity index (χ3n) is 6.90. The second-order valence-electron chi connectivity index (χ2n) is 9.48. The molecule has 1 aliphatic heterocycles. The Morgan fingerprint density at radius 2 is 1.68 bits per heavy atom. The van der Waals surface area contributed by atoms with Crippen molar-refractivity contribution in [2.24, 2.45) is 0 Å². The van der Waals surface area contributed by atoms with Crippen molar-refractivity contribution in [1.82, 2.24) is 4.90 Å².